The molecule has 0 radical (unpaired) electrons. The smallest absolute Gasteiger partial charge is 0.333 e. The number of hydrogen-bond acceptors (Lipinski definition) is 6. The van der Waals surface area contributed by atoms with Crippen LogP contribution in [-0.4, -0.2) is 37.2 Å². The Hall–Kier alpha value is -2.11. The molecule has 0 heterocycles. The van der Waals surface area contributed by atoms with Crippen LogP contribution < -0.4 is 0 Å². The number of esters is 3. The Morgan fingerprint density at radius 3 is 2.27 bits per heavy atom. The number of hydrogen-bond donors (Lipinski definition) is 0. The molecule has 0 aromatic heterocycles. The molecule has 0 N–H and O–H groups in total. The lowest BCUT2D eigenvalue weighted by molar-refractivity contribution is -0.180. The third-order valence-electron chi connectivity index (χ3n) is 5.84. The molecule has 0 saturated heterocycles. The third-order valence-corrected chi connectivity index (χ3v) is 5.84. The highest BCUT2D eigenvalue weighted by molar-refractivity contribution is 5.88. The molecule has 144 valence electrons. The van der Waals surface area contributed by atoms with E-state index in [1.165, 1.54) is 21.0 Å². The molecule has 0 aromatic rings. The fourth-order valence-corrected chi connectivity index (χ4v) is 4.65. The zero-order chi connectivity index (χ0) is 19.6. The highest BCUT2D eigenvalue weighted by Gasteiger charge is 2.56. The lowest BCUT2D eigenvalue weighted by atomic mass is 9.53. The monoisotopic (exact) mass is 364 g/mol. The van der Waals surface area contributed by atoms with E-state index in [0.29, 0.717) is 31.3 Å². The fourth-order valence-electron chi connectivity index (χ4n) is 4.65. The first-order chi connectivity index (χ1) is 12.1. The molecule has 0 aliphatic heterocycles. The Balaban J connectivity index is 2.43. The molecule has 2 fully saturated rings. The summed E-state index contributed by atoms with van der Waals surface area (Å²) in [6, 6.07) is 0. The topological polar surface area (TPSA) is 78.9 Å². The molecule has 2 rings (SSSR count). The Morgan fingerprint density at radius 1 is 1.12 bits per heavy atom. The van der Waals surface area contributed by atoms with Gasteiger partial charge in [0, 0.05) is 36.7 Å². The summed E-state index contributed by atoms with van der Waals surface area (Å²) in [6.45, 7) is 12.9. The SMILES string of the molecule is C=C(C(=O)OC)C1CCC2(C)C(OC(C)=O)CCC(=C)C2C1OC(C)=O. The first-order valence-electron chi connectivity index (χ1n) is 8.91. The predicted molar refractivity (Wildman–Crippen MR) is 95.0 cm³/mol. The summed E-state index contributed by atoms with van der Waals surface area (Å²) < 4.78 is 16.1. The van der Waals surface area contributed by atoms with Crippen LogP contribution in [0.2, 0.25) is 0 Å². The summed E-state index contributed by atoms with van der Waals surface area (Å²) in [5, 5.41) is 0. The number of fused-ring (bicyclic) bond motifs is 1. The van der Waals surface area contributed by atoms with Gasteiger partial charge < -0.3 is 14.2 Å². The molecule has 2 aliphatic carbocycles. The normalized spacial score (nSPS) is 33.6. The Morgan fingerprint density at radius 2 is 1.73 bits per heavy atom. The molecule has 2 saturated carbocycles. The molecule has 6 nitrogen and oxygen atoms in total. The van der Waals surface area contributed by atoms with Crippen molar-refractivity contribution in [1.82, 2.24) is 0 Å². The maximum Gasteiger partial charge on any atom is 0.333 e. The minimum absolute atomic E-state index is 0.218. The second-order valence-corrected chi connectivity index (χ2v) is 7.51. The van der Waals surface area contributed by atoms with Crippen LogP contribution in [0, 0.1) is 17.3 Å². The van der Waals surface area contributed by atoms with E-state index >= 15 is 0 Å². The van der Waals surface area contributed by atoms with Crippen LogP contribution in [0.3, 0.4) is 0 Å². The van der Waals surface area contributed by atoms with Crippen molar-refractivity contribution in [3.63, 3.8) is 0 Å². The summed E-state index contributed by atoms with van der Waals surface area (Å²) in [6.07, 6.45) is 1.80. The molecule has 6 heteroatoms. The fraction of sp³-hybridized carbons (Fsp3) is 0.650. The number of methoxy groups -OCH3 is 1. The maximum atomic E-state index is 12.0. The zero-order valence-corrected chi connectivity index (χ0v) is 16.0. The van der Waals surface area contributed by atoms with Crippen molar-refractivity contribution in [1.29, 1.82) is 0 Å². The Bertz CT molecular complexity index is 636. The van der Waals surface area contributed by atoms with Gasteiger partial charge in [0.25, 0.3) is 0 Å². The Kier molecular flexibility index (Phi) is 5.94. The van der Waals surface area contributed by atoms with Crippen molar-refractivity contribution in [2.24, 2.45) is 17.3 Å². The highest BCUT2D eigenvalue weighted by atomic mass is 16.6. The first kappa shape index (κ1) is 20.2. The van der Waals surface area contributed by atoms with Gasteiger partial charge in [-0.25, -0.2) is 4.79 Å². The molecular weight excluding hydrogens is 336 g/mol. The molecule has 26 heavy (non-hydrogen) atoms. The first-order valence-corrected chi connectivity index (χ1v) is 8.91. The summed E-state index contributed by atoms with van der Waals surface area (Å²) in [5.74, 6) is -1.83. The van der Waals surface area contributed by atoms with E-state index in [-0.39, 0.29) is 23.9 Å². The van der Waals surface area contributed by atoms with E-state index in [1.807, 2.05) is 6.92 Å². The number of rotatable bonds is 4. The van der Waals surface area contributed by atoms with Gasteiger partial charge >= 0.3 is 17.9 Å². The second kappa shape index (κ2) is 7.64. The zero-order valence-electron chi connectivity index (χ0n) is 16.0. The van der Waals surface area contributed by atoms with Crippen molar-refractivity contribution in [3.05, 3.63) is 24.3 Å². The average Bonchev–Trinajstić information content (AvgIpc) is 2.55. The maximum absolute atomic E-state index is 12.0. The lowest BCUT2D eigenvalue weighted by Gasteiger charge is -2.55. The van der Waals surface area contributed by atoms with E-state index in [4.69, 9.17) is 14.2 Å². The van der Waals surface area contributed by atoms with Gasteiger partial charge in [0.2, 0.25) is 0 Å². The van der Waals surface area contributed by atoms with E-state index in [0.717, 1.165) is 5.57 Å². The molecule has 0 spiro atoms. The van der Waals surface area contributed by atoms with Gasteiger partial charge in [-0.2, -0.15) is 0 Å². The van der Waals surface area contributed by atoms with Gasteiger partial charge in [0.15, 0.2) is 0 Å². The summed E-state index contributed by atoms with van der Waals surface area (Å²) in [4.78, 5) is 35.4. The Labute approximate surface area is 154 Å². The molecule has 2 aliphatic rings. The van der Waals surface area contributed by atoms with Crippen molar-refractivity contribution < 1.29 is 28.6 Å². The standard InChI is InChI=1S/C20H28O6/c1-11-7-8-16(25-13(3)21)20(5)10-9-15(12(2)19(23)24-6)18(17(11)20)26-14(4)22/h15-18H,1-2,7-10H2,3-6H3. The summed E-state index contributed by atoms with van der Waals surface area (Å²) in [5.41, 5.74) is 0.835. The number of ether oxygens (including phenoxy) is 3. The van der Waals surface area contributed by atoms with Crippen LogP contribution in [0.4, 0.5) is 0 Å². The van der Waals surface area contributed by atoms with Crippen LogP contribution in [0.5, 0.6) is 0 Å². The molecule has 0 amide bonds. The quantitative estimate of drug-likeness (QED) is 0.330. The highest BCUT2D eigenvalue weighted by Crippen LogP contribution is 2.56. The van der Waals surface area contributed by atoms with Crippen LogP contribution in [0.1, 0.15) is 46.5 Å². The molecule has 0 aromatic carbocycles. The van der Waals surface area contributed by atoms with E-state index in [9.17, 15) is 14.4 Å². The third kappa shape index (κ3) is 3.69. The van der Waals surface area contributed by atoms with Gasteiger partial charge in [-0.05, 0) is 25.7 Å². The number of carbonyl (C=O) groups excluding carboxylic acids is 3. The summed E-state index contributed by atoms with van der Waals surface area (Å²) in [7, 11) is 1.30. The molecule has 0 bridgehead atoms. The van der Waals surface area contributed by atoms with Crippen LogP contribution >= 0.6 is 0 Å². The van der Waals surface area contributed by atoms with E-state index < -0.39 is 23.5 Å². The summed E-state index contributed by atoms with van der Waals surface area (Å²) >= 11 is 0. The molecule has 5 atom stereocenters. The minimum Gasteiger partial charge on any atom is -0.466 e. The van der Waals surface area contributed by atoms with E-state index in [2.05, 4.69) is 13.2 Å². The predicted octanol–water partition coefficient (Wildman–Crippen LogP) is 2.96. The van der Waals surface area contributed by atoms with Crippen LogP contribution in [0.25, 0.3) is 0 Å². The number of carbonyl (C=O) groups is 3. The molecular formula is C20H28O6. The molecule has 5 unspecified atom stereocenters. The van der Waals surface area contributed by atoms with Crippen LogP contribution in [-0.2, 0) is 28.6 Å². The van der Waals surface area contributed by atoms with Gasteiger partial charge in [-0.1, -0.05) is 25.7 Å². The minimum atomic E-state index is -0.580. The van der Waals surface area contributed by atoms with E-state index in [1.54, 1.807) is 0 Å². The van der Waals surface area contributed by atoms with Crippen molar-refractivity contribution in [2.45, 2.75) is 58.7 Å². The van der Waals surface area contributed by atoms with Gasteiger partial charge in [0.1, 0.15) is 12.2 Å². The lowest BCUT2D eigenvalue weighted by Crippen LogP contribution is -2.56. The second-order valence-electron chi connectivity index (χ2n) is 7.51. The van der Waals surface area contributed by atoms with Crippen molar-refractivity contribution in [2.75, 3.05) is 7.11 Å². The van der Waals surface area contributed by atoms with Crippen LogP contribution in [0.15, 0.2) is 24.3 Å². The largest absolute Gasteiger partial charge is 0.466 e. The average molecular weight is 364 g/mol. The van der Waals surface area contributed by atoms with Crippen molar-refractivity contribution in [3.8, 4) is 0 Å². The van der Waals surface area contributed by atoms with Gasteiger partial charge in [-0.3, -0.25) is 9.59 Å². The van der Waals surface area contributed by atoms with Crippen molar-refractivity contribution >= 4 is 17.9 Å². The van der Waals surface area contributed by atoms with Gasteiger partial charge in [-0.15, -0.1) is 0 Å². The van der Waals surface area contributed by atoms with Gasteiger partial charge in [0.05, 0.1) is 7.11 Å².